The molecule has 0 amide bonds. The van der Waals surface area contributed by atoms with Gasteiger partial charge in [0.05, 0.1) is 18.7 Å². The number of hydrogen-bond donors (Lipinski definition) is 0. The van der Waals surface area contributed by atoms with Crippen molar-refractivity contribution in [3.8, 4) is 0 Å². The second-order valence-corrected chi connectivity index (χ2v) is 5.63. The minimum Gasteiger partial charge on any atom is -0.469 e. The summed E-state index contributed by atoms with van der Waals surface area (Å²) in [4.78, 5) is 20.2. The zero-order valence-electron chi connectivity index (χ0n) is 10.2. The summed E-state index contributed by atoms with van der Waals surface area (Å²) in [7, 11) is 1.45. The van der Waals surface area contributed by atoms with Crippen molar-refractivity contribution in [2.24, 2.45) is 11.8 Å². The minimum atomic E-state index is -0.176. The number of carbonyl (C=O) groups is 1. The van der Waals surface area contributed by atoms with Gasteiger partial charge in [0.15, 0.2) is 0 Å². The average Bonchev–Trinajstić information content (AvgIpc) is 2.97. The third-order valence-corrected chi connectivity index (χ3v) is 4.69. The highest BCUT2D eigenvalue weighted by molar-refractivity contribution is 6.28. The summed E-state index contributed by atoms with van der Waals surface area (Å²) in [6, 6.07) is 1.88. The standard InChI is InChI=1S/C13H15ClN2O2/c1-18-11(17)9-6-8-2-4-13(9,7-8)10-3-5-15-12(14)16-10/h3,5,8-9H,2,4,6-7H2,1H3. The predicted molar refractivity (Wildman–Crippen MR) is 66.2 cm³/mol. The van der Waals surface area contributed by atoms with Crippen molar-refractivity contribution >= 4 is 17.6 Å². The van der Waals surface area contributed by atoms with Crippen molar-refractivity contribution in [2.45, 2.75) is 31.1 Å². The molecule has 2 saturated carbocycles. The molecule has 1 aromatic rings. The zero-order valence-corrected chi connectivity index (χ0v) is 11.0. The first kappa shape index (κ1) is 11.9. The average molecular weight is 267 g/mol. The van der Waals surface area contributed by atoms with E-state index in [1.165, 1.54) is 7.11 Å². The molecule has 2 bridgehead atoms. The van der Waals surface area contributed by atoms with E-state index in [2.05, 4.69) is 9.97 Å². The number of esters is 1. The van der Waals surface area contributed by atoms with E-state index in [4.69, 9.17) is 16.3 Å². The fourth-order valence-corrected chi connectivity index (χ4v) is 3.89. The lowest BCUT2D eigenvalue weighted by molar-refractivity contribution is -0.148. The molecule has 2 aliphatic carbocycles. The summed E-state index contributed by atoms with van der Waals surface area (Å²) < 4.78 is 4.95. The molecule has 1 aromatic heterocycles. The SMILES string of the molecule is COC(=O)C1CC2CCC1(c1ccnc(Cl)n1)C2. The van der Waals surface area contributed by atoms with Gasteiger partial charge in [0.1, 0.15) is 0 Å². The molecule has 0 N–H and O–H groups in total. The Labute approximate surface area is 111 Å². The number of methoxy groups -OCH3 is 1. The number of hydrogen-bond acceptors (Lipinski definition) is 4. The van der Waals surface area contributed by atoms with Gasteiger partial charge in [-0.2, -0.15) is 0 Å². The topological polar surface area (TPSA) is 52.1 Å². The molecule has 3 atom stereocenters. The van der Waals surface area contributed by atoms with E-state index in [1.807, 2.05) is 6.07 Å². The van der Waals surface area contributed by atoms with Crippen LogP contribution in [0.3, 0.4) is 0 Å². The molecule has 0 aliphatic heterocycles. The Morgan fingerprint density at radius 2 is 2.44 bits per heavy atom. The van der Waals surface area contributed by atoms with E-state index in [1.54, 1.807) is 6.20 Å². The summed E-state index contributed by atoms with van der Waals surface area (Å²) in [5.74, 6) is 0.419. The van der Waals surface area contributed by atoms with E-state index < -0.39 is 0 Å². The van der Waals surface area contributed by atoms with Gasteiger partial charge < -0.3 is 4.74 Å². The summed E-state index contributed by atoms with van der Waals surface area (Å²) in [5.41, 5.74) is 0.725. The molecule has 2 fully saturated rings. The number of nitrogens with zero attached hydrogens (tertiary/aromatic N) is 2. The van der Waals surface area contributed by atoms with E-state index in [0.717, 1.165) is 31.4 Å². The van der Waals surface area contributed by atoms with Crippen LogP contribution in [0.2, 0.25) is 5.28 Å². The predicted octanol–water partition coefficient (Wildman–Crippen LogP) is 2.36. The Kier molecular flexibility index (Phi) is 2.77. The van der Waals surface area contributed by atoms with E-state index >= 15 is 0 Å². The van der Waals surface area contributed by atoms with Gasteiger partial charge in [-0.15, -0.1) is 0 Å². The van der Waals surface area contributed by atoms with Crippen molar-refractivity contribution in [1.82, 2.24) is 9.97 Å². The van der Waals surface area contributed by atoms with Crippen LogP contribution in [0, 0.1) is 11.8 Å². The van der Waals surface area contributed by atoms with Gasteiger partial charge in [-0.1, -0.05) is 0 Å². The third kappa shape index (κ3) is 1.62. The molecule has 3 unspecified atom stereocenters. The van der Waals surface area contributed by atoms with Crippen molar-refractivity contribution < 1.29 is 9.53 Å². The van der Waals surface area contributed by atoms with Crippen LogP contribution in [-0.4, -0.2) is 23.0 Å². The largest absolute Gasteiger partial charge is 0.469 e. The van der Waals surface area contributed by atoms with Crippen LogP contribution in [-0.2, 0) is 14.9 Å². The van der Waals surface area contributed by atoms with Crippen LogP contribution in [0.1, 0.15) is 31.4 Å². The first-order valence-corrected chi connectivity index (χ1v) is 6.60. The van der Waals surface area contributed by atoms with Crippen LogP contribution in [0.25, 0.3) is 0 Å². The zero-order chi connectivity index (χ0) is 12.8. The Morgan fingerprint density at radius 1 is 1.61 bits per heavy atom. The van der Waals surface area contributed by atoms with Gasteiger partial charge in [0.2, 0.25) is 5.28 Å². The lowest BCUT2D eigenvalue weighted by atomic mass is 9.72. The Hall–Kier alpha value is -1.16. The maximum absolute atomic E-state index is 12.0. The highest BCUT2D eigenvalue weighted by Crippen LogP contribution is 2.58. The number of fused-ring (bicyclic) bond motifs is 2. The first-order valence-electron chi connectivity index (χ1n) is 6.22. The van der Waals surface area contributed by atoms with Gasteiger partial charge in [0, 0.05) is 11.6 Å². The highest BCUT2D eigenvalue weighted by atomic mass is 35.5. The molecule has 18 heavy (non-hydrogen) atoms. The molecular formula is C13H15ClN2O2. The van der Waals surface area contributed by atoms with Crippen molar-refractivity contribution in [3.05, 3.63) is 23.2 Å². The molecule has 96 valence electrons. The Morgan fingerprint density at radius 3 is 3.11 bits per heavy atom. The normalized spacial score (nSPS) is 33.7. The number of carbonyl (C=O) groups excluding carboxylic acids is 1. The van der Waals surface area contributed by atoms with Crippen molar-refractivity contribution in [1.29, 1.82) is 0 Å². The minimum absolute atomic E-state index is 0.0767. The molecule has 2 aliphatic rings. The molecule has 3 rings (SSSR count). The van der Waals surface area contributed by atoms with Crippen LogP contribution >= 0.6 is 11.6 Å². The molecule has 0 radical (unpaired) electrons. The summed E-state index contributed by atoms with van der Waals surface area (Å²) in [5, 5.41) is 0.251. The Balaban J connectivity index is 2.03. The summed E-state index contributed by atoms with van der Waals surface area (Å²) in [6.07, 6.45) is 5.74. The van der Waals surface area contributed by atoms with Crippen LogP contribution in [0.15, 0.2) is 12.3 Å². The van der Waals surface area contributed by atoms with Gasteiger partial charge in [-0.3, -0.25) is 4.79 Å². The van der Waals surface area contributed by atoms with Crippen LogP contribution in [0.5, 0.6) is 0 Å². The van der Waals surface area contributed by atoms with E-state index in [0.29, 0.717) is 5.92 Å². The molecule has 0 saturated heterocycles. The molecular weight excluding hydrogens is 252 g/mol. The third-order valence-electron chi connectivity index (χ3n) is 4.51. The molecule has 5 heteroatoms. The molecule has 4 nitrogen and oxygen atoms in total. The Bertz CT molecular complexity index is 494. The van der Waals surface area contributed by atoms with Gasteiger partial charge >= 0.3 is 5.97 Å². The smallest absolute Gasteiger partial charge is 0.309 e. The fraction of sp³-hybridized carbons (Fsp3) is 0.615. The van der Waals surface area contributed by atoms with Gasteiger partial charge in [-0.25, -0.2) is 9.97 Å². The number of rotatable bonds is 2. The maximum atomic E-state index is 12.0. The monoisotopic (exact) mass is 266 g/mol. The van der Waals surface area contributed by atoms with Crippen molar-refractivity contribution in [2.75, 3.05) is 7.11 Å². The molecule has 0 spiro atoms. The van der Waals surface area contributed by atoms with E-state index in [9.17, 15) is 4.79 Å². The highest BCUT2D eigenvalue weighted by Gasteiger charge is 2.57. The maximum Gasteiger partial charge on any atom is 0.309 e. The number of ether oxygens (including phenoxy) is 1. The van der Waals surface area contributed by atoms with Gasteiger partial charge in [-0.05, 0) is 49.3 Å². The molecule has 0 aromatic carbocycles. The summed E-state index contributed by atoms with van der Waals surface area (Å²) in [6.45, 7) is 0. The second kappa shape index (κ2) is 4.19. The van der Waals surface area contributed by atoms with Crippen molar-refractivity contribution in [3.63, 3.8) is 0 Å². The van der Waals surface area contributed by atoms with Crippen LogP contribution < -0.4 is 0 Å². The van der Waals surface area contributed by atoms with Crippen LogP contribution in [0.4, 0.5) is 0 Å². The quantitative estimate of drug-likeness (QED) is 0.609. The number of halogens is 1. The lowest BCUT2D eigenvalue weighted by Gasteiger charge is -2.32. The fourth-order valence-electron chi connectivity index (χ4n) is 3.74. The molecule has 1 heterocycles. The van der Waals surface area contributed by atoms with Gasteiger partial charge in [0.25, 0.3) is 0 Å². The number of aromatic nitrogens is 2. The lowest BCUT2D eigenvalue weighted by Crippen LogP contribution is -2.37. The summed E-state index contributed by atoms with van der Waals surface area (Å²) >= 11 is 5.88. The first-order chi connectivity index (χ1) is 8.65. The van der Waals surface area contributed by atoms with E-state index in [-0.39, 0.29) is 22.6 Å². The second-order valence-electron chi connectivity index (χ2n) is 5.29.